The number of aromatic nitrogens is 3. The normalized spacial score (nSPS) is 21.2. The number of ether oxygens (including phenoxy) is 3. The van der Waals surface area contributed by atoms with Crippen LogP contribution in [0.15, 0.2) is 30.5 Å². The van der Waals surface area contributed by atoms with Crippen molar-refractivity contribution in [3.63, 3.8) is 0 Å². The molecule has 0 radical (unpaired) electrons. The molecule has 0 saturated carbocycles. The minimum Gasteiger partial charge on any atom is -0.388 e. The number of carbonyl (C=O) groups is 3. The van der Waals surface area contributed by atoms with E-state index in [2.05, 4.69) is 32.3 Å². The Kier molecular flexibility index (Phi) is 14.3. The monoisotopic (exact) mass is 629 g/mol. The molecule has 0 bridgehead atoms. The Balaban J connectivity index is 1.42. The lowest BCUT2D eigenvalue weighted by molar-refractivity contribution is -0.267. The third-order valence-corrected chi connectivity index (χ3v) is 6.97. The van der Waals surface area contributed by atoms with Crippen LogP contribution < -0.4 is 16.0 Å². The number of nitrogens with zero attached hydrogens (tertiary/aromatic N) is 4. The zero-order chi connectivity index (χ0) is 32.8. The maximum absolute atomic E-state index is 11.9. The summed E-state index contributed by atoms with van der Waals surface area (Å²) in [5.41, 5.74) is 1.84. The molecule has 1 aliphatic heterocycles. The average molecular weight is 630 g/mol. The van der Waals surface area contributed by atoms with E-state index in [1.165, 1.54) is 11.6 Å². The summed E-state index contributed by atoms with van der Waals surface area (Å²) in [6.07, 6.45) is -0.268. The van der Waals surface area contributed by atoms with E-state index in [1.54, 1.807) is 30.5 Å². The Morgan fingerprint density at radius 1 is 1.07 bits per heavy atom. The van der Waals surface area contributed by atoms with Crippen molar-refractivity contribution in [2.75, 3.05) is 19.9 Å². The number of aliphatic hydroxyl groups is 2. The predicted octanol–water partition coefficient (Wildman–Crippen LogP) is 0.350. The second-order valence-electron chi connectivity index (χ2n) is 11.0. The second kappa shape index (κ2) is 18.1. The van der Waals surface area contributed by atoms with Crippen LogP contribution in [0.1, 0.15) is 58.4 Å². The first-order valence-electron chi connectivity index (χ1n) is 15.0. The SMILES string of the molecule is CC(=O)NC1C(OCCCCCCNC(=O)CC(=O)NCOC(C)C)OC(Cn2cc(-c3ccc(C#N)cc3)nn2)C(O)C1O. The van der Waals surface area contributed by atoms with Crippen molar-refractivity contribution in [3.05, 3.63) is 36.0 Å². The number of rotatable bonds is 17. The summed E-state index contributed by atoms with van der Waals surface area (Å²) in [7, 11) is 0. The van der Waals surface area contributed by atoms with E-state index in [9.17, 15) is 24.6 Å². The summed E-state index contributed by atoms with van der Waals surface area (Å²) in [6, 6.07) is 7.95. The highest BCUT2D eigenvalue weighted by atomic mass is 16.7. The second-order valence-corrected chi connectivity index (χ2v) is 11.0. The first-order valence-corrected chi connectivity index (χ1v) is 15.0. The molecule has 1 aliphatic rings. The Morgan fingerprint density at radius 2 is 1.78 bits per heavy atom. The molecule has 5 unspecified atom stereocenters. The lowest BCUT2D eigenvalue weighted by Crippen LogP contribution is -2.64. The fraction of sp³-hybridized carbons (Fsp3) is 0.600. The Hall–Kier alpha value is -3.94. The van der Waals surface area contributed by atoms with Gasteiger partial charge in [0, 0.05) is 25.6 Å². The molecule has 0 aliphatic carbocycles. The molecule has 2 aromatic rings. The number of nitriles is 1. The van der Waals surface area contributed by atoms with Crippen LogP contribution in [-0.4, -0.2) is 99.6 Å². The maximum atomic E-state index is 11.9. The van der Waals surface area contributed by atoms with Crippen LogP contribution in [0.2, 0.25) is 0 Å². The first kappa shape index (κ1) is 35.5. The molecule has 246 valence electrons. The number of aliphatic hydroxyl groups excluding tert-OH is 2. The standard InChI is InChI=1S/C30H43N7O8/c1-19(2)44-18-33-26(40)14-25(39)32-12-6-4-5-7-13-43-30-27(34-20(3)38)29(42)28(41)24(45-30)17-37-16-23(35-36-37)22-10-8-21(15-31)9-11-22/h8-11,16,19,24,27-30,41-42H,4-7,12-14,17-18H2,1-3H3,(H,32,39)(H,33,40)(H,34,38). The predicted molar refractivity (Wildman–Crippen MR) is 160 cm³/mol. The van der Waals surface area contributed by atoms with Crippen molar-refractivity contribution in [3.8, 4) is 17.3 Å². The fourth-order valence-corrected chi connectivity index (χ4v) is 4.60. The summed E-state index contributed by atoms with van der Waals surface area (Å²) in [4.78, 5) is 35.4. The number of benzene rings is 1. The van der Waals surface area contributed by atoms with Gasteiger partial charge in [0.1, 0.15) is 43.2 Å². The van der Waals surface area contributed by atoms with Gasteiger partial charge in [-0.2, -0.15) is 5.26 Å². The van der Waals surface area contributed by atoms with Crippen LogP contribution >= 0.6 is 0 Å². The van der Waals surface area contributed by atoms with E-state index in [-0.39, 0.29) is 38.3 Å². The molecule has 3 amide bonds. The lowest BCUT2D eigenvalue weighted by Gasteiger charge is -2.42. The van der Waals surface area contributed by atoms with E-state index in [0.29, 0.717) is 30.6 Å². The molecule has 15 heteroatoms. The van der Waals surface area contributed by atoms with Crippen LogP contribution in [-0.2, 0) is 35.1 Å². The van der Waals surface area contributed by atoms with Gasteiger partial charge in [-0.1, -0.05) is 30.2 Å². The van der Waals surface area contributed by atoms with E-state index in [0.717, 1.165) is 18.4 Å². The van der Waals surface area contributed by atoms with Crippen molar-refractivity contribution in [1.82, 2.24) is 30.9 Å². The Labute approximate surface area is 262 Å². The Morgan fingerprint density at radius 3 is 2.47 bits per heavy atom. The minimum absolute atomic E-state index is 0.0169. The smallest absolute Gasteiger partial charge is 0.231 e. The molecular formula is C30H43N7O8. The van der Waals surface area contributed by atoms with Crippen molar-refractivity contribution in [2.24, 2.45) is 0 Å². The van der Waals surface area contributed by atoms with E-state index in [4.69, 9.17) is 19.5 Å². The van der Waals surface area contributed by atoms with Crippen molar-refractivity contribution >= 4 is 17.7 Å². The molecule has 1 aromatic carbocycles. The molecule has 2 heterocycles. The highest BCUT2D eigenvalue weighted by Crippen LogP contribution is 2.25. The number of hydrogen-bond donors (Lipinski definition) is 5. The highest BCUT2D eigenvalue weighted by Gasteiger charge is 2.45. The maximum Gasteiger partial charge on any atom is 0.231 e. The van der Waals surface area contributed by atoms with Gasteiger partial charge in [0.25, 0.3) is 0 Å². The third kappa shape index (κ3) is 11.8. The van der Waals surface area contributed by atoms with Gasteiger partial charge in [0.15, 0.2) is 6.29 Å². The van der Waals surface area contributed by atoms with Gasteiger partial charge < -0.3 is 40.4 Å². The largest absolute Gasteiger partial charge is 0.388 e. The van der Waals surface area contributed by atoms with E-state index < -0.39 is 42.5 Å². The summed E-state index contributed by atoms with van der Waals surface area (Å²) >= 11 is 0. The van der Waals surface area contributed by atoms with Crippen LogP contribution in [0.3, 0.4) is 0 Å². The fourth-order valence-electron chi connectivity index (χ4n) is 4.60. The van der Waals surface area contributed by atoms with Crippen LogP contribution in [0.4, 0.5) is 0 Å². The van der Waals surface area contributed by atoms with Gasteiger partial charge in [-0.05, 0) is 38.8 Å². The lowest BCUT2D eigenvalue weighted by atomic mass is 9.96. The number of nitrogens with one attached hydrogen (secondary N) is 3. The highest BCUT2D eigenvalue weighted by molar-refractivity contribution is 5.96. The molecule has 0 spiro atoms. The summed E-state index contributed by atoms with van der Waals surface area (Å²) in [5, 5.41) is 46.7. The number of carbonyl (C=O) groups excluding carboxylic acids is 3. The number of hydrogen-bond acceptors (Lipinski definition) is 11. The van der Waals surface area contributed by atoms with Crippen molar-refractivity contribution < 1.29 is 38.8 Å². The molecule has 45 heavy (non-hydrogen) atoms. The summed E-state index contributed by atoms with van der Waals surface area (Å²) in [6.45, 7) is 5.83. The Bertz CT molecular complexity index is 1280. The van der Waals surface area contributed by atoms with Crippen molar-refractivity contribution in [2.45, 2.75) is 96.2 Å². The number of unbranched alkanes of at least 4 members (excludes halogenated alkanes) is 3. The molecule has 1 saturated heterocycles. The van der Waals surface area contributed by atoms with Crippen molar-refractivity contribution in [1.29, 1.82) is 5.26 Å². The molecular weight excluding hydrogens is 586 g/mol. The van der Waals surface area contributed by atoms with E-state index in [1.807, 2.05) is 13.8 Å². The molecule has 3 rings (SSSR count). The molecule has 15 nitrogen and oxygen atoms in total. The van der Waals surface area contributed by atoms with Gasteiger partial charge in [0.2, 0.25) is 17.7 Å². The van der Waals surface area contributed by atoms with Crippen LogP contribution in [0.5, 0.6) is 0 Å². The topological polar surface area (TPSA) is 210 Å². The molecule has 1 fully saturated rings. The first-order chi connectivity index (χ1) is 21.6. The molecule has 1 aromatic heterocycles. The quantitative estimate of drug-likeness (QED) is 0.0916. The average Bonchev–Trinajstić information content (AvgIpc) is 3.47. The van der Waals surface area contributed by atoms with Gasteiger partial charge in [-0.15, -0.1) is 5.10 Å². The van der Waals surface area contributed by atoms with Crippen LogP contribution in [0.25, 0.3) is 11.3 Å². The summed E-state index contributed by atoms with van der Waals surface area (Å²) < 4.78 is 18.6. The van der Waals surface area contributed by atoms with Crippen LogP contribution in [0, 0.1) is 11.3 Å². The number of amides is 3. The zero-order valence-electron chi connectivity index (χ0n) is 25.8. The van der Waals surface area contributed by atoms with Gasteiger partial charge in [-0.3, -0.25) is 14.4 Å². The van der Waals surface area contributed by atoms with Gasteiger partial charge in [-0.25, -0.2) is 4.68 Å². The third-order valence-electron chi connectivity index (χ3n) is 6.97. The molecule has 5 N–H and O–H groups in total. The summed E-state index contributed by atoms with van der Waals surface area (Å²) in [5.74, 6) is -1.17. The zero-order valence-corrected chi connectivity index (χ0v) is 25.8. The van der Waals surface area contributed by atoms with Gasteiger partial charge >= 0.3 is 0 Å². The molecule has 5 atom stereocenters. The van der Waals surface area contributed by atoms with E-state index >= 15 is 0 Å². The minimum atomic E-state index is -1.35. The van der Waals surface area contributed by atoms with Gasteiger partial charge in [0.05, 0.1) is 30.5 Å².